The van der Waals surface area contributed by atoms with Gasteiger partial charge >= 0.3 is 0 Å². The van der Waals surface area contributed by atoms with E-state index in [1.54, 1.807) is 25.2 Å². The summed E-state index contributed by atoms with van der Waals surface area (Å²) in [5, 5.41) is 20.1. The number of nitrogens with one attached hydrogen (secondary N) is 3. The van der Waals surface area contributed by atoms with Gasteiger partial charge in [-0.3, -0.25) is 15.1 Å². The van der Waals surface area contributed by atoms with Crippen molar-refractivity contribution in [1.29, 1.82) is 0 Å². The van der Waals surface area contributed by atoms with E-state index in [2.05, 4.69) is 20.9 Å². The molecule has 9 nitrogen and oxygen atoms in total. The molecular weight excluding hydrogens is 473 g/mol. The number of anilines is 1. The summed E-state index contributed by atoms with van der Waals surface area (Å²) in [5.74, 6) is 0.655. The maximum atomic E-state index is 11.2. The monoisotopic (exact) mass is 499 g/mol. The molecule has 0 bridgehead atoms. The molecule has 0 saturated heterocycles. The van der Waals surface area contributed by atoms with Gasteiger partial charge in [-0.15, -0.1) is 24.0 Å². The summed E-state index contributed by atoms with van der Waals surface area (Å²) < 4.78 is 22.4. The summed E-state index contributed by atoms with van der Waals surface area (Å²) >= 11 is 0. The average Bonchev–Trinajstić information content (AvgIpc) is 2.55. The minimum atomic E-state index is -2.99. The van der Waals surface area contributed by atoms with Gasteiger partial charge in [0.05, 0.1) is 10.7 Å². The minimum Gasteiger partial charge on any atom is -0.378 e. The predicted octanol–water partition coefficient (Wildman–Crippen LogP) is 1.61. The van der Waals surface area contributed by atoms with Gasteiger partial charge in [0.25, 0.3) is 5.69 Å². The van der Waals surface area contributed by atoms with Crippen LogP contribution >= 0.6 is 24.0 Å². The zero-order valence-corrected chi connectivity index (χ0v) is 18.2. The molecule has 0 fully saturated rings. The van der Waals surface area contributed by atoms with Crippen LogP contribution in [-0.4, -0.2) is 57.5 Å². The summed E-state index contributed by atoms with van der Waals surface area (Å²) in [6, 6.07) is 6.39. The maximum absolute atomic E-state index is 11.2. The van der Waals surface area contributed by atoms with Gasteiger partial charge in [0.15, 0.2) is 5.96 Å². The molecule has 0 heterocycles. The second-order valence-electron chi connectivity index (χ2n) is 5.66. The normalized spacial score (nSPS) is 12.7. The highest BCUT2D eigenvalue weighted by Gasteiger charge is 2.12. The van der Waals surface area contributed by atoms with Gasteiger partial charge in [0, 0.05) is 38.5 Å². The van der Waals surface area contributed by atoms with Crippen molar-refractivity contribution in [2.45, 2.75) is 19.4 Å². The molecule has 1 atom stereocenters. The molecular formula is C15H26IN5O4S. The number of nitro groups is 1. The van der Waals surface area contributed by atoms with Crippen molar-refractivity contribution in [2.75, 3.05) is 37.5 Å². The number of sulfone groups is 1. The lowest BCUT2D eigenvalue weighted by molar-refractivity contribution is -0.384. The van der Waals surface area contributed by atoms with E-state index in [1.165, 1.54) is 12.3 Å². The van der Waals surface area contributed by atoms with Crippen molar-refractivity contribution in [3.63, 3.8) is 0 Å². The zero-order chi connectivity index (χ0) is 18.9. The Morgan fingerprint density at radius 3 is 2.54 bits per heavy atom. The van der Waals surface area contributed by atoms with Crippen molar-refractivity contribution in [2.24, 2.45) is 4.99 Å². The van der Waals surface area contributed by atoms with Gasteiger partial charge in [-0.05, 0) is 19.4 Å². The van der Waals surface area contributed by atoms with E-state index < -0.39 is 14.8 Å². The third kappa shape index (κ3) is 9.75. The first-order valence-corrected chi connectivity index (χ1v) is 9.91. The highest BCUT2D eigenvalue weighted by Crippen LogP contribution is 2.22. The second kappa shape index (κ2) is 11.9. The van der Waals surface area contributed by atoms with Crippen LogP contribution in [0.25, 0.3) is 0 Å². The Balaban J connectivity index is 0.00000625. The molecule has 1 aromatic carbocycles. The molecule has 0 aliphatic heterocycles. The first-order chi connectivity index (χ1) is 11.7. The number of aliphatic imine (C=N–C) groups is 1. The summed E-state index contributed by atoms with van der Waals surface area (Å²) in [6.45, 7) is 2.83. The highest BCUT2D eigenvalue weighted by molar-refractivity contribution is 14.0. The lowest BCUT2D eigenvalue weighted by Crippen LogP contribution is -2.44. The van der Waals surface area contributed by atoms with Crippen LogP contribution in [0.1, 0.15) is 13.3 Å². The predicted molar refractivity (Wildman–Crippen MR) is 115 cm³/mol. The van der Waals surface area contributed by atoms with E-state index >= 15 is 0 Å². The first-order valence-electron chi connectivity index (χ1n) is 7.85. The lowest BCUT2D eigenvalue weighted by atomic mass is 10.2. The van der Waals surface area contributed by atoms with Crippen LogP contribution in [0.5, 0.6) is 0 Å². The Labute approximate surface area is 171 Å². The van der Waals surface area contributed by atoms with Crippen LogP contribution in [-0.2, 0) is 9.84 Å². The summed E-state index contributed by atoms with van der Waals surface area (Å²) in [4.78, 5) is 14.6. The Kier molecular flexibility index (Phi) is 11.1. The Morgan fingerprint density at radius 2 is 1.96 bits per heavy atom. The lowest BCUT2D eigenvalue weighted by Gasteiger charge is -2.17. The fourth-order valence-electron chi connectivity index (χ4n) is 2.05. The molecule has 0 aliphatic carbocycles. The molecule has 0 spiro atoms. The van der Waals surface area contributed by atoms with E-state index in [4.69, 9.17) is 0 Å². The fourth-order valence-corrected chi connectivity index (χ4v) is 2.83. The van der Waals surface area contributed by atoms with E-state index in [9.17, 15) is 18.5 Å². The third-order valence-electron chi connectivity index (χ3n) is 3.36. The van der Waals surface area contributed by atoms with E-state index in [-0.39, 0.29) is 41.5 Å². The average molecular weight is 499 g/mol. The SMILES string of the molecule is CN=C(NCCNc1ccccc1[N+](=O)[O-])NC(C)CCS(C)(=O)=O.I. The quantitative estimate of drug-likeness (QED) is 0.118. The van der Waals surface area contributed by atoms with Gasteiger partial charge in [0.1, 0.15) is 15.5 Å². The number of hydrogen-bond donors (Lipinski definition) is 3. The van der Waals surface area contributed by atoms with Crippen molar-refractivity contribution in [3.05, 3.63) is 34.4 Å². The molecule has 1 aromatic rings. The van der Waals surface area contributed by atoms with Crippen LogP contribution in [0, 0.1) is 10.1 Å². The number of rotatable bonds is 9. The number of benzene rings is 1. The topological polar surface area (TPSA) is 126 Å². The van der Waals surface area contributed by atoms with E-state index in [0.29, 0.717) is 31.2 Å². The first kappa shape index (κ1) is 24.4. The largest absolute Gasteiger partial charge is 0.378 e. The third-order valence-corrected chi connectivity index (χ3v) is 4.34. The molecule has 148 valence electrons. The smallest absolute Gasteiger partial charge is 0.292 e. The van der Waals surface area contributed by atoms with E-state index in [1.807, 2.05) is 6.92 Å². The molecule has 3 N–H and O–H groups in total. The highest BCUT2D eigenvalue weighted by atomic mass is 127. The number of hydrogen-bond acceptors (Lipinski definition) is 6. The molecule has 11 heteroatoms. The van der Waals surface area contributed by atoms with Crippen LogP contribution in [0.4, 0.5) is 11.4 Å². The Hall–Kier alpha value is -1.63. The van der Waals surface area contributed by atoms with Crippen LogP contribution in [0.2, 0.25) is 0 Å². The Morgan fingerprint density at radius 1 is 1.31 bits per heavy atom. The standard InChI is InChI=1S/C15H25N5O4S.HI/c1-12(8-11-25(3,23)24)19-15(16-2)18-10-9-17-13-6-4-5-7-14(13)20(21)22;/h4-7,12,17H,8-11H2,1-3H3,(H2,16,18,19);1H. The molecule has 0 aromatic heterocycles. The fraction of sp³-hybridized carbons (Fsp3) is 0.533. The van der Waals surface area contributed by atoms with Crippen LogP contribution in [0.3, 0.4) is 0 Å². The summed E-state index contributed by atoms with van der Waals surface area (Å²) in [7, 11) is -1.37. The van der Waals surface area contributed by atoms with Gasteiger partial charge in [0.2, 0.25) is 0 Å². The van der Waals surface area contributed by atoms with Crippen molar-refractivity contribution >= 4 is 51.1 Å². The van der Waals surface area contributed by atoms with E-state index in [0.717, 1.165) is 0 Å². The van der Waals surface area contributed by atoms with Crippen LogP contribution < -0.4 is 16.0 Å². The Bertz CT molecular complexity index is 712. The number of nitrogens with zero attached hydrogens (tertiary/aromatic N) is 2. The number of halogens is 1. The van der Waals surface area contributed by atoms with Gasteiger partial charge in [-0.25, -0.2) is 8.42 Å². The van der Waals surface area contributed by atoms with Crippen molar-refractivity contribution < 1.29 is 13.3 Å². The molecule has 0 aliphatic rings. The molecule has 1 unspecified atom stereocenters. The molecule has 0 saturated carbocycles. The molecule has 26 heavy (non-hydrogen) atoms. The molecule has 1 rings (SSSR count). The maximum Gasteiger partial charge on any atom is 0.292 e. The second-order valence-corrected chi connectivity index (χ2v) is 7.92. The number of guanidine groups is 1. The van der Waals surface area contributed by atoms with Crippen molar-refractivity contribution in [3.8, 4) is 0 Å². The van der Waals surface area contributed by atoms with Crippen LogP contribution in [0.15, 0.2) is 29.3 Å². The van der Waals surface area contributed by atoms with Gasteiger partial charge < -0.3 is 16.0 Å². The summed E-state index contributed by atoms with van der Waals surface area (Å²) in [5.41, 5.74) is 0.484. The summed E-state index contributed by atoms with van der Waals surface area (Å²) in [6.07, 6.45) is 1.69. The van der Waals surface area contributed by atoms with Crippen molar-refractivity contribution in [1.82, 2.24) is 10.6 Å². The zero-order valence-electron chi connectivity index (χ0n) is 15.1. The van der Waals surface area contributed by atoms with Gasteiger partial charge in [-0.2, -0.15) is 0 Å². The number of nitro benzene ring substituents is 1. The minimum absolute atomic E-state index is 0. The van der Waals surface area contributed by atoms with Gasteiger partial charge in [-0.1, -0.05) is 12.1 Å². The number of para-hydroxylation sites is 2. The molecule has 0 radical (unpaired) electrons. The molecule has 0 amide bonds.